The second kappa shape index (κ2) is 4.39. The van der Waals surface area contributed by atoms with Crippen LogP contribution in [0.2, 0.25) is 0 Å². The molecule has 0 fully saturated rings. The summed E-state index contributed by atoms with van der Waals surface area (Å²) in [6, 6.07) is 6.32. The minimum absolute atomic E-state index is 0.0306. The summed E-state index contributed by atoms with van der Waals surface area (Å²) in [7, 11) is 0. The smallest absolute Gasteiger partial charge is 0.286 e. The molecule has 1 nitrogen and oxygen atoms in total. The second-order valence-electron chi connectivity index (χ2n) is 3.61. The van der Waals surface area contributed by atoms with E-state index in [9.17, 15) is 13.6 Å². The Hall–Kier alpha value is -0.770. The zero-order valence-corrected chi connectivity index (χ0v) is 10.0. The van der Waals surface area contributed by atoms with Gasteiger partial charge >= 0.3 is 4.83 Å². The van der Waals surface area contributed by atoms with Gasteiger partial charge in [0.15, 0.2) is 0 Å². The molecule has 1 rings (SSSR count). The number of carbonyl (C=O) groups is 1. The standard InChI is InChI=1S/C11H11BrF2O/c1-7(2)8-4-3-5-9(6-8)10(15)11(12,13)14/h3-7H,1-2H3. The fourth-order valence-corrected chi connectivity index (χ4v) is 1.43. The molecule has 4 heteroatoms. The lowest BCUT2D eigenvalue weighted by atomic mass is 9.99. The summed E-state index contributed by atoms with van der Waals surface area (Å²) in [4.78, 5) is 7.76. The van der Waals surface area contributed by atoms with Gasteiger partial charge in [0.1, 0.15) is 0 Å². The Bertz CT molecular complexity index is 369. The van der Waals surface area contributed by atoms with Gasteiger partial charge in [-0.1, -0.05) is 32.0 Å². The zero-order valence-electron chi connectivity index (χ0n) is 8.43. The van der Waals surface area contributed by atoms with Crippen molar-refractivity contribution < 1.29 is 13.6 Å². The predicted octanol–water partition coefficient (Wildman–Crippen LogP) is 3.98. The fourth-order valence-electron chi connectivity index (χ4n) is 1.20. The second-order valence-corrected chi connectivity index (χ2v) is 4.60. The number of ketones is 1. The first kappa shape index (κ1) is 12.3. The van der Waals surface area contributed by atoms with Gasteiger partial charge in [-0.2, -0.15) is 8.78 Å². The Kier molecular flexibility index (Phi) is 3.60. The number of Topliss-reactive ketones (excluding diaryl/α,β-unsaturated/α-hetero) is 1. The molecule has 0 unspecified atom stereocenters. The Morgan fingerprint density at radius 1 is 1.40 bits per heavy atom. The number of rotatable bonds is 3. The summed E-state index contributed by atoms with van der Waals surface area (Å²) in [6.45, 7) is 3.88. The van der Waals surface area contributed by atoms with Gasteiger partial charge in [-0.15, -0.1) is 0 Å². The molecule has 1 aromatic rings. The van der Waals surface area contributed by atoms with E-state index >= 15 is 0 Å². The van der Waals surface area contributed by atoms with Crippen LogP contribution in [0.25, 0.3) is 0 Å². The Morgan fingerprint density at radius 3 is 2.47 bits per heavy atom. The van der Waals surface area contributed by atoms with E-state index in [1.807, 2.05) is 19.9 Å². The van der Waals surface area contributed by atoms with E-state index in [1.165, 1.54) is 12.1 Å². The molecule has 0 spiro atoms. The molecular weight excluding hydrogens is 266 g/mol. The first-order valence-corrected chi connectivity index (χ1v) is 5.33. The highest BCUT2D eigenvalue weighted by atomic mass is 79.9. The summed E-state index contributed by atoms with van der Waals surface area (Å²) < 4.78 is 25.4. The van der Waals surface area contributed by atoms with Crippen molar-refractivity contribution >= 4 is 21.7 Å². The van der Waals surface area contributed by atoms with Crippen molar-refractivity contribution in [2.24, 2.45) is 0 Å². The maximum Gasteiger partial charge on any atom is 0.363 e. The van der Waals surface area contributed by atoms with E-state index in [4.69, 9.17) is 0 Å². The van der Waals surface area contributed by atoms with Crippen molar-refractivity contribution in [2.45, 2.75) is 24.6 Å². The monoisotopic (exact) mass is 276 g/mol. The van der Waals surface area contributed by atoms with Crippen LogP contribution in [0.1, 0.15) is 35.7 Å². The van der Waals surface area contributed by atoms with Crippen molar-refractivity contribution in [3.8, 4) is 0 Å². The number of benzene rings is 1. The predicted molar refractivity (Wildman–Crippen MR) is 58.7 cm³/mol. The van der Waals surface area contributed by atoms with Crippen LogP contribution < -0.4 is 0 Å². The highest BCUT2D eigenvalue weighted by Gasteiger charge is 2.35. The highest BCUT2D eigenvalue weighted by molar-refractivity contribution is 9.10. The summed E-state index contributed by atoms with van der Waals surface area (Å²) in [6.07, 6.45) is 0. The third-order valence-electron chi connectivity index (χ3n) is 2.07. The van der Waals surface area contributed by atoms with Gasteiger partial charge < -0.3 is 0 Å². The molecule has 0 aliphatic carbocycles. The van der Waals surface area contributed by atoms with Crippen LogP contribution in [0.5, 0.6) is 0 Å². The van der Waals surface area contributed by atoms with Crippen LogP contribution in [-0.4, -0.2) is 10.6 Å². The first-order valence-electron chi connectivity index (χ1n) is 4.54. The highest BCUT2D eigenvalue weighted by Crippen LogP contribution is 2.27. The molecule has 15 heavy (non-hydrogen) atoms. The molecule has 0 heterocycles. The van der Waals surface area contributed by atoms with Gasteiger partial charge in [0.05, 0.1) is 0 Å². The van der Waals surface area contributed by atoms with Gasteiger partial charge in [0.2, 0.25) is 5.78 Å². The summed E-state index contributed by atoms with van der Waals surface area (Å²) in [5, 5.41) is 0. The van der Waals surface area contributed by atoms with E-state index < -0.39 is 10.6 Å². The molecule has 82 valence electrons. The van der Waals surface area contributed by atoms with E-state index in [0.717, 1.165) is 5.56 Å². The Balaban J connectivity index is 3.06. The zero-order chi connectivity index (χ0) is 11.6. The van der Waals surface area contributed by atoms with Crippen LogP contribution in [-0.2, 0) is 0 Å². The Labute approximate surface area is 95.6 Å². The van der Waals surface area contributed by atoms with Gasteiger partial charge in [-0.3, -0.25) is 4.79 Å². The summed E-state index contributed by atoms with van der Waals surface area (Å²) >= 11 is 2.06. The number of carbonyl (C=O) groups excluding carboxylic acids is 1. The van der Waals surface area contributed by atoms with Gasteiger partial charge in [0, 0.05) is 5.56 Å². The Morgan fingerprint density at radius 2 is 2.00 bits per heavy atom. The van der Waals surface area contributed by atoms with E-state index in [-0.39, 0.29) is 11.5 Å². The number of hydrogen-bond acceptors (Lipinski definition) is 1. The molecule has 1 aromatic carbocycles. The topological polar surface area (TPSA) is 17.1 Å². The van der Waals surface area contributed by atoms with Crippen molar-refractivity contribution in [1.82, 2.24) is 0 Å². The van der Waals surface area contributed by atoms with Gasteiger partial charge in [-0.05, 0) is 33.5 Å². The average Bonchev–Trinajstić information content (AvgIpc) is 2.15. The van der Waals surface area contributed by atoms with Gasteiger partial charge in [-0.25, -0.2) is 0 Å². The maximum absolute atomic E-state index is 12.7. The SMILES string of the molecule is CC(C)c1cccc(C(=O)C(F)(F)Br)c1. The van der Waals surface area contributed by atoms with Crippen molar-refractivity contribution in [1.29, 1.82) is 0 Å². The van der Waals surface area contributed by atoms with Crippen molar-refractivity contribution in [3.05, 3.63) is 35.4 Å². The molecule has 0 saturated carbocycles. The third kappa shape index (κ3) is 3.09. The minimum Gasteiger partial charge on any atom is -0.286 e. The summed E-state index contributed by atoms with van der Waals surface area (Å²) in [5.41, 5.74) is 0.903. The van der Waals surface area contributed by atoms with Gasteiger partial charge in [0.25, 0.3) is 0 Å². The summed E-state index contributed by atoms with van der Waals surface area (Å²) in [5.74, 6) is -0.994. The lowest BCUT2D eigenvalue weighted by Crippen LogP contribution is -2.20. The molecule has 0 atom stereocenters. The van der Waals surface area contributed by atoms with Crippen LogP contribution >= 0.6 is 15.9 Å². The molecule has 0 saturated heterocycles. The first-order chi connectivity index (χ1) is 6.82. The average molecular weight is 277 g/mol. The number of halogens is 3. The van der Waals surface area contributed by atoms with Crippen LogP contribution in [0.3, 0.4) is 0 Å². The molecule has 0 aliphatic heterocycles. The fraction of sp³-hybridized carbons (Fsp3) is 0.364. The van der Waals surface area contributed by atoms with Crippen LogP contribution in [0.15, 0.2) is 24.3 Å². The van der Waals surface area contributed by atoms with E-state index in [2.05, 4.69) is 15.9 Å². The van der Waals surface area contributed by atoms with Crippen molar-refractivity contribution in [3.63, 3.8) is 0 Å². The lowest BCUT2D eigenvalue weighted by Gasteiger charge is -2.10. The number of alkyl halides is 3. The van der Waals surface area contributed by atoms with E-state index in [1.54, 1.807) is 6.07 Å². The normalized spacial score (nSPS) is 11.9. The quantitative estimate of drug-likeness (QED) is 0.603. The molecule has 0 aliphatic rings. The van der Waals surface area contributed by atoms with E-state index in [0.29, 0.717) is 0 Å². The molecular formula is C11H11BrF2O. The number of hydrogen-bond donors (Lipinski definition) is 0. The molecule has 0 radical (unpaired) electrons. The van der Waals surface area contributed by atoms with Crippen LogP contribution in [0.4, 0.5) is 8.78 Å². The van der Waals surface area contributed by atoms with Crippen molar-refractivity contribution in [2.75, 3.05) is 0 Å². The molecule has 0 N–H and O–H groups in total. The van der Waals surface area contributed by atoms with Crippen LogP contribution in [0, 0.1) is 0 Å². The lowest BCUT2D eigenvalue weighted by molar-refractivity contribution is 0.0592. The molecule has 0 amide bonds. The maximum atomic E-state index is 12.7. The molecule has 0 aromatic heterocycles. The minimum atomic E-state index is -3.48. The largest absolute Gasteiger partial charge is 0.363 e. The third-order valence-corrected chi connectivity index (χ3v) is 2.43. The molecule has 0 bridgehead atoms.